The third-order valence-electron chi connectivity index (χ3n) is 2.89. The van der Waals surface area contributed by atoms with Gasteiger partial charge >= 0.3 is 0 Å². The fourth-order valence-corrected chi connectivity index (χ4v) is 1.95. The molecule has 0 saturated carbocycles. The van der Waals surface area contributed by atoms with Crippen LogP contribution in [-0.2, 0) is 13.5 Å². The molecule has 1 N–H and O–H groups in total. The number of nitrogens with one attached hydrogen (secondary N) is 1. The Labute approximate surface area is 114 Å². The smallest absolute Gasteiger partial charge is 0.119 e. The van der Waals surface area contributed by atoms with Gasteiger partial charge in [0.05, 0.1) is 18.0 Å². The Hall–Kier alpha value is -1.97. The molecule has 19 heavy (non-hydrogen) atoms. The molecule has 0 amide bonds. The van der Waals surface area contributed by atoms with E-state index in [0.29, 0.717) is 0 Å². The molecular formula is C15H21N3O. The van der Waals surface area contributed by atoms with Gasteiger partial charge in [-0.25, -0.2) is 0 Å². The molecular weight excluding hydrogens is 238 g/mol. The molecule has 1 heterocycles. The Morgan fingerprint density at radius 3 is 2.79 bits per heavy atom. The summed E-state index contributed by atoms with van der Waals surface area (Å²) in [5.74, 6) is 0.929. The molecule has 0 atom stereocenters. The lowest BCUT2D eigenvalue weighted by Gasteiger charge is -2.07. The number of nitrogens with zero attached hydrogens (tertiary/aromatic N) is 2. The number of para-hydroxylation sites is 1. The summed E-state index contributed by atoms with van der Waals surface area (Å²) in [5, 5.41) is 7.81. The van der Waals surface area contributed by atoms with Crippen LogP contribution in [0.5, 0.6) is 5.75 Å². The first-order chi connectivity index (χ1) is 9.29. The molecule has 0 bridgehead atoms. The Morgan fingerprint density at radius 1 is 1.26 bits per heavy atom. The second kappa shape index (κ2) is 6.83. The van der Waals surface area contributed by atoms with Crippen LogP contribution in [0.4, 0.5) is 5.69 Å². The summed E-state index contributed by atoms with van der Waals surface area (Å²) in [6.07, 6.45) is 3.94. The minimum absolute atomic E-state index is 0.721. The minimum Gasteiger partial charge on any atom is -0.494 e. The summed E-state index contributed by atoms with van der Waals surface area (Å²) in [4.78, 5) is 0. The molecule has 0 saturated heterocycles. The number of hydrogen-bond acceptors (Lipinski definition) is 3. The Morgan fingerprint density at radius 2 is 2.05 bits per heavy atom. The van der Waals surface area contributed by atoms with Crippen LogP contribution in [0.25, 0.3) is 0 Å². The predicted octanol–water partition coefficient (Wildman–Crippen LogP) is 2.86. The molecule has 1 aromatic carbocycles. The van der Waals surface area contributed by atoms with Crippen molar-refractivity contribution in [3.05, 3.63) is 42.2 Å². The fourth-order valence-electron chi connectivity index (χ4n) is 1.95. The van der Waals surface area contributed by atoms with Crippen molar-refractivity contribution in [1.29, 1.82) is 0 Å². The number of benzene rings is 1. The second-order valence-electron chi connectivity index (χ2n) is 4.46. The van der Waals surface area contributed by atoms with Crippen molar-refractivity contribution in [2.45, 2.75) is 19.8 Å². The van der Waals surface area contributed by atoms with Crippen molar-refractivity contribution < 1.29 is 4.74 Å². The average molecular weight is 259 g/mol. The predicted molar refractivity (Wildman–Crippen MR) is 77.6 cm³/mol. The number of hydrogen-bond donors (Lipinski definition) is 1. The maximum absolute atomic E-state index is 5.64. The minimum atomic E-state index is 0.721. The lowest BCUT2D eigenvalue weighted by atomic mass is 10.3. The maximum atomic E-state index is 5.64. The van der Waals surface area contributed by atoms with Gasteiger partial charge in [0, 0.05) is 19.8 Å². The second-order valence-corrected chi connectivity index (χ2v) is 4.46. The molecule has 2 rings (SSSR count). The van der Waals surface area contributed by atoms with Crippen LogP contribution in [0.15, 0.2) is 36.5 Å². The molecule has 2 aromatic rings. The van der Waals surface area contributed by atoms with E-state index < -0.39 is 0 Å². The monoisotopic (exact) mass is 259 g/mol. The van der Waals surface area contributed by atoms with Crippen LogP contribution in [0, 0.1) is 0 Å². The van der Waals surface area contributed by atoms with Gasteiger partial charge in [-0.15, -0.1) is 0 Å². The van der Waals surface area contributed by atoms with Gasteiger partial charge < -0.3 is 10.1 Å². The molecule has 4 heteroatoms. The molecule has 4 nitrogen and oxygen atoms in total. The highest BCUT2D eigenvalue weighted by molar-refractivity contribution is 5.46. The van der Waals surface area contributed by atoms with E-state index >= 15 is 0 Å². The van der Waals surface area contributed by atoms with Crippen molar-refractivity contribution in [1.82, 2.24) is 9.78 Å². The standard InChI is InChI=1S/C15H21N3O/c1-3-14-15(12-18(2)17-14)16-10-7-11-19-13-8-5-4-6-9-13/h4-6,8-9,12,16H,3,7,10-11H2,1-2H3. The van der Waals surface area contributed by atoms with Crippen LogP contribution in [0.3, 0.4) is 0 Å². The van der Waals surface area contributed by atoms with Crippen LogP contribution < -0.4 is 10.1 Å². The summed E-state index contributed by atoms with van der Waals surface area (Å²) in [6.45, 7) is 3.73. The van der Waals surface area contributed by atoms with Crippen LogP contribution in [0.1, 0.15) is 19.0 Å². The van der Waals surface area contributed by atoms with E-state index in [2.05, 4.69) is 17.3 Å². The summed E-state index contributed by atoms with van der Waals surface area (Å²) >= 11 is 0. The van der Waals surface area contributed by atoms with Gasteiger partial charge in [-0.2, -0.15) is 5.10 Å². The summed E-state index contributed by atoms with van der Waals surface area (Å²) in [6, 6.07) is 9.91. The molecule has 102 valence electrons. The highest BCUT2D eigenvalue weighted by Gasteiger charge is 2.04. The first-order valence-corrected chi connectivity index (χ1v) is 6.74. The van der Waals surface area contributed by atoms with Gasteiger partial charge in [0.2, 0.25) is 0 Å². The normalized spacial score (nSPS) is 10.4. The third kappa shape index (κ3) is 4.02. The summed E-state index contributed by atoms with van der Waals surface area (Å²) < 4.78 is 7.49. The van der Waals surface area contributed by atoms with Crippen molar-refractivity contribution >= 4 is 5.69 Å². The first-order valence-electron chi connectivity index (χ1n) is 6.74. The van der Waals surface area contributed by atoms with Crippen molar-refractivity contribution in [3.8, 4) is 5.75 Å². The van der Waals surface area contributed by atoms with Crippen molar-refractivity contribution in [2.24, 2.45) is 7.05 Å². The summed E-state index contributed by atoms with van der Waals surface area (Å²) in [5.41, 5.74) is 2.25. The van der Waals surface area contributed by atoms with Crippen LogP contribution >= 0.6 is 0 Å². The zero-order valence-corrected chi connectivity index (χ0v) is 11.6. The number of anilines is 1. The van der Waals surface area contributed by atoms with E-state index in [0.717, 1.165) is 43.1 Å². The molecule has 0 unspecified atom stereocenters. The lowest BCUT2D eigenvalue weighted by molar-refractivity contribution is 0.315. The molecule has 0 spiro atoms. The van der Waals surface area contributed by atoms with Gasteiger partial charge in [-0.3, -0.25) is 4.68 Å². The Kier molecular flexibility index (Phi) is 4.84. The quantitative estimate of drug-likeness (QED) is 0.777. The molecule has 0 aliphatic carbocycles. The van der Waals surface area contributed by atoms with Crippen LogP contribution in [-0.4, -0.2) is 22.9 Å². The van der Waals surface area contributed by atoms with Gasteiger partial charge in [-0.1, -0.05) is 25.1 Å². The van der Waals surface area contributed by atoms with Gasteiger partial charge in [0.25, 0.3) is 0 Å². The number of aromatic nitrogens is 2. The van der Waals surface area contributed by atoms with E-state index in [1.165, 1.54) is 0 Å². The Bertz CT molecular complexity index is 493. The molecule has 1 aromatic heterocycles. The van der Waals surface area contributed by atoms with Gasteiger partial charge in [-0.05, 0) is 25.0 Å². The lowest BCUT2D eigenvalue weighted by Crippen LogP contribution is -2.07. The van der Waals surface area contributed by atoms with Gasteiger partial charge in [0.15, 0.2) is 0 Å². The number of ether oxygens (including phenoxy) is 1. The maximum Gasteiger partial charge on any atom is 0.119 e. The zero-order chi connectivity index (χ0) is 13.5. The highest BCUT2D eigenvalue weighted by atomic mass is 16.5. The number of rotatable bonds is 7. The first kappa shape index (κ1) is 13.5. The molecule has 0 radical (unpaired) electrons. The van der Waals surface area contributed by atoms with E-state index in [4.69, 9.17) is 4.74 Å². The van der Waals surface area contributed by atoms with Gasteiger partial charge in [0.1, 0.15) is 5.75 Å². The SMILES string of the molecule is CCc1nn(C)cc1NCCCOc1ccccc1. The molecule has 0 fully saturated rings. The third-order valence-corrected chi connectivity index (χ3v) is 2.89. The van der Waals surface area contributed by atoms with E-state index in [-0.39, 0.29) is 0 Å². The Balaban J connectivity index is 1.69. The van der Waals surface area contributed by atoms with Crippen molar-refractivity contribution in [2.75, 3.05) is 18.5 Å². The molecule has 0 aliphatic rings. The van der Waals surface area contributed by atoms with E-state index in [1.807, 2.05) is 48.3 Å². The van der Waals surface area contributed by atoms with E-state index in [9.17, 15) is 0 Å². The fraction of sp³-hybridized carbons (Fsp3) is 0.400. The van der Waals surface area contributed by atoms with E-state index in [1.54, 1.807) is 0 Å². The largest absolute Gasteiger partial charge is 0.494 e. The highest BCUT2D eigenvalue weighted by Crippen LogP contribution is 2.13. The zero-order valence-electron chi connectivity index (χ0n) is 11.6. The topological polar surface area (TPSA) is 39.1 Å². The summed E-state index contributed by atoms with van der Waals surface area (Å²) in [7, 11) is 1.95. The molecule has 0 aliphatic heterocycles. The van der Waals surface area contributed by atoms with Crippen molar-refractivity contribution in [3.63, 3.8) is 0 Å². The average Bonchev–Trinajstić information content (AvgIpc) is 2.80. The van der Waals surface area contributed by atoms with Crippen LogP contribution in [0.2, 0.25) is 0 Å². The number of aryl methyl sites for hydroxylation is 2.